The molecule has 0 fully saturated rings. The molecule has 0 aromatic carbocycles. The number of carbonyl (C=O) groups is 1. The standard InChI is InChI=1S/C12H22N2O4S/c1-14(10-8-12(15)16)19(17,18)13-9-7-11-5-3-2-4-6-11/h5,13H,2-4,6-10H2,1H3,(H,15,16). The molecule has 1 rings (SSSR count). The summed E-state index contributed by atoms with van der Waals surface area (Å²) in [6.07, 6.45) is 7.25. The van der Waals surface area contributed by atoms with Crippen molar-refractivity contribution in [2.24, 2.45) is 0 Å². The van der Waals surface area contributed by atoms with Crippen LogP contribution < -0.4 is 4.72 Å². The van der Waals surface area contributed by atoms with Crippen LogP contribution in [0.25, 0.3) is 0 Å². The number of allylic oxidation sites excluding steroid dienone is 1. The smallest absolute Gasteiger partial charge is 0.304 e. The number of rotatable bonds is 8. The normalized spacial score (nSPS) is 16.4. The Morgan fingerprint density at radius 3 is 2.79 bits per heavy atom. The van der Waals surface area contributed by atoms with Gasteiger partial charge in [-0.3, -0.25) is 4.79 Å². The highest BCUT2D eigenvalue weighted by molar-refractivity contribution is 7.87. The van der Waals surface area contributed by atoms with Crippen LogP contribution in [0.15, 0.2) is 11.6 Å². The van der Waals surface area contributed by atoms with Gasteiger partial charge in [0.25, 0.3) is 10.2 Å². The summed E-state index contributed by atoms with van der Waals surface area (Å²) >= 11 is 0. The highest BCUT2D eigenvalue weighted by atomic mass is 32.2. The number of carboxylic acid groups (broad SMARTS) is 1. The summed E-state index contributed by atoms with van der Waals surface area (Å²) in [4.78, 5) is 10.4. The number of hydrogen-bond acceptors (Lipinski definition) is 3. The van der Waals surface area contributed by atoms with E-state index in [1.807, 2.05) is 0 Å². The summed E-state index contributed by atoms with van der Waals surface area (Å²) < 4.78 is 27.1. The fourth-order valence-corrected chi connectivity index (χ4v) is 2.87. The van der Waals surface area contributed by atoms with E-state index in [1.54, 1.807) is 0 Å². The first-order valence-corrected chi connectivity index (χ1v) is 7.96. The Bertz CT molecular complexity index is 431. The highest BCUT2D eigenvalue weighted by Gasteiger charge is 2.17. The molecule has 19 heavy (non-hydrogen) atoms. The van der Waals surface area contributed by atoms with Crippen molar-refractivity contribution >= 4 is 16.2 Å². The van der Waals surface area contributed by atoms with Crippen molar-refractivity contribution in [3.63, 3.8) is 0 Å². The van der Waals surface area contributed by atoms with Crippen LogP contribution in [-0.4, -0.2) is 43.9 Å². The third kappa shape index (κ3) is 6.17. The van der Waals surface area contributed by atoms with E-state index in [2.05, 4.69) is 10.8 Å². The zero-order chi connectivity index (χ0) is 14.3. The van der Waals surface area contributed by atoms with Crippen molar-refractivity contribution in [3.05, 3.63) is 11.6 Å². The van der Waals surface area contributed by atoms with E-state index in [0.29, 0.717) is 6.54 Å². The third-order valence-corrected chi connectivity index (χ3v) is 4.74. The van der Waals surface area contributed by atoms with Gasteiger partial charge in [0.05, 0.1) is 6.42 Å². The van der Waals surface area contributed by atoms with E-state index in [4.69, 9.17) is 5.11 Å². The van der Waals surface area contributed by atoms with Gasteiger partial charge in [-0.25, -0.2) is 4.72 Å². The molecule has 0 saturated carbocycles. The molecule has 0 atom stereocenters. The minimum absolute atomic E-state index is 0.0205. The van der Waals surface area contributed by atoms with Crippen LogP contribution in [0.4, 0.5) is 0 Å². The predicted molar refractivity (Wildman–Crippen MR) is 73.0 cm³/mol. The Morgan fingerprint density at radius 2 is 2.21 bits per heavy atom. The number of nitrogens with zero attached hydrogens (tertiary/aromatic N) is 1. The molecule has 2 N–H and O–H groups in total. The zero-order valence-electron chi connectivity index (χ0n) is 11.3. The molecule has 0 aliphatic heterocycles. The lowest BCUT2D eigenvalue weighted by Gasteiger charge is -2.18. The van der Waals surface area contributed by atoms with Gasteiger partial charge in [0, 0.05) is 20.1 Å². The van der Waals surface area contributed by atoms with E-state index < -0.39 is 16.2 Å². The molecular formula is C12H22N2O4S. The molecule has 0 unspecified atom stereocenters. The van der Waals surface area contributed by atoms with Crippen molar-refractivity contribution in [1.82, 2.24) is 9.03 Å². The van der Waals surface area contributed by atoms with Crippen molar-refractivity contribution in [1.29, 1.82) is 0 Å². The van der Waals surface area contributed by atoms with Crippen LogP contribution in [0.5, 0.6) is 0 Å². The van der Waals surface area contributed by atoms with Crippen LogP contribution >= 0.6 is 0 Å². The molecule has 0 aromatic heterocycles. The monoisotopic (exact) mass is 290 g/mol. The second kappa shape index (κ2) is 7.62. The number of nitrogens with one attached hydrogen (secondary N) is 1. The van der Waals surface area contributed by atoms with Crippen LogP contribution in [0.1, 0.15) is 38.5 Å². The zero-order valence-corrected chi connectivity index (χ0v) is 12.1. The molecule has 0 aromatic rings. The molecular weight excluding hydrogens is 268 g/mol. The van der Waals surface area contributed by atoms with Crippen LogP contribution in [0.3, 0.4) is 0 Å². The van der Waals surface area contributed by atoms with Crippen molar-refractivity contribution in [2.45, 2.75) is 38.5 Å². The van der Waals surface area contributed by atoms with Gasteiger partial charge in [0.15, 0.2) is 0 Å². The van der Waals surface area contributed by atoms with Crippen LogP contribution in [0, 0.1) is 0 Å². The fraction of sp³-hybridized carbons (Fsp3) is 0.750. The van der Waals surface area contributed by atoms with E-state index in [9.17, 15) is 13.2 Å². The maximum absolute atomic E-state index is 11.8. The second-order valence-electron chi connectivity index (χ2n) is 4.72. The molecule has 1 aliphatic rings. The molecule has 0 amide bonds. The average Bonchev–Trinajstić information content (AvgIpc) is 2.36. The molecule has 0 spiro atoms. The maximum atomic E-state index is 11.8. The molecule has 1 aliphatic carbocycles. The quantitative estimate of drug-likeness (QED) is 0.656. The second-order valence-corrected chi connectivity index (χ2v) is 6.58. The van der Waals surface area contributed by atoms with Crippen molar-refractivity contribution < 1.29 is 18.3 Å². The van der Waals surface area contributed by atoms with Crippen LogP contribution in [0.2, 0.25) is 0 Å². The first-order chi connectivity index (χ1) is 8.92. The molecule has 0 radical (unpaired) electrons. The lowest BCUT2D eigenvalue weighted by molar-refractivity contribution is -0.137. The van der Waals surface area contributed by atoms with Crippen molar-refractivity contribution in [3.8, 4) is 0 Å². The third-order valence-electron chi connectivity index (χ3n) is 3.17. The maximum Gasteiger partial charge on any atom is 0.304 e. The lowest BCUT2D eigenvalue weighted by Crippen LogP contribution is -2.39. The Kier molecular flexibility index (Phi) is 6.47. The summed E-state index contributed by atoms with van der Waals surface area (Å²) in [5.41, 5.74) is 1.31. The minimum Gasteiger partial charge on any atom is -0.481 e. The summed E-state index contributed by atoms with van der Waals surface area (Å²) in [7, 11) is -2.18. The largest absolute Gasteiger partial charge is 0.481 e. The Balaban J connectivity index is 2.33. The van der Waals surface area contributed by atoms with Crippen LogP contribution in [-0.2, 0) is 15.0 Å². The highest BCUT2D eigenvalue weighted by Crippen LogP contribution is 2.19. The lowest BCUT2D eigenvalue weighted by atomic mass is 9.97. The van der Waals surface area contributed by atoms with Gasteiger partial charge >= 0.3 is 5.97 Å². The molecule has 0 saturated heterocycles. The number of hydrogen-bond donors (Lipinski definition) is 2. The van der Waals surface area contributed by atoms with Gasteiger partial charge in [0.2, 0.25) is 0 Å². The van der Waals surface area contributed by atoms with Gasteiger partial charge in [-0.1, -0.05) is 11.6 Å². The van der Waals surface area contributed by atoms with Gasteiger partial charge in [-0.05, 0) is 32.1 Å². The Morgan fingerprint density at radius 1 is 1.47 bits per heavy atom. The van der Waals surface area contributed by atoms with E-state index in [-0.39, 0.29) is 13.0 Å². The van der Waals surface area contributed by atoms with E-state index >= 15 is 0 Å². The number of carboxylic acids is 1. The molecule has 6 nitrogen and oxygen atoms in total. The molecule has 110 valence electrons. The predicted octanol–water partition coefficient (Wildman–Crippen LogP) is 1.12. The first kappa shape index (κ1) is 16.1. The molecule has 7 heteroatoms. The Hall–Kier alpha value is -0.920. The summed E-state index contributed by atoms with van der Waals surface area (Å²) in [5.74, 6) is -1.01. The molecule has 0 heterocycles. The van der Waals surface area contributed by atoms with E-state index in [1.165, 1.54) is 25.5 Å². The minimum atomic E-state index is -3.56. The Labute approximate surface area is 114 Å². The van der Waals surface area contributed by atoms with Gasteiger partial charge in [0.1, 0.15) is 0 Å². The van der Waals surface area contributed by atoms with Gasteiger partial charge in [-0.2, -0.15) is 12.7 Å². The first-order valence-electron chi connectivity index (χ1n) is 6.52. The SMILES string of the molecule is CN(CCC(=O)O)S(=O)(=O)NCCC1=CCCCC1. The average molecular weight is 290 g/mol. The summed E-state index contributed by atoms with van der Waals surface area (Å²) in [6.45, 7) is 0.346. The van der Waals surface area contributed by atoms with E-state index in [0.717, 1.165) is 23.6 Å². The number of aliphatic carboxylic acids is 1. The van der Waals surface area contributed by atoms with Crippen molar-refractivity contribution in [2.75, 3.05) is 20.1 Å². The van der Waals surface area contributed by atoms with Gasteiger partial charge < -0.3 is 5.11 Å². The molecule has 0 bridgehead atoms. The topological polar surface area (TPSA) is 86.7 Å². The summed E-state index contributed by atoms with van der Waals surface area (Å²) in [6, 6.07) is 0. The summed E-state index contributed by atoms with van der Waals surface area (Å²) in [5, 5.41) is 8.52. The van der Waals surface area contributed by atoms with Gasteiger partial charge in [-0.15, -0.1) is 0 Å². The fourth-order valence-electron chi connectivity index (χ4n) is 1.96.